The minimum atomic E-state index is -0.265. The molecule has 0 saturated heterocycles. The van der Waals surface area contributed by atoms with Gasteiger partial charge in [0, 0.05) is 52.5 Å². The number of rotatable bonds is 4. The Morgan fingerprint density at radius 1 is 0.914 bits per heavy atom. The van der Waals surface area contributed by atoms with Crippen molar-refractivity contribution in [1.29, 1.82) is 0 Å². The van der Waals surface area contributed by atoms with E-state index in [9.17, 15) is 4.79 Å². The molecule has 2 unspecified atom stereocenters. The summed E-state index contributed by atoms with van der Waals surface area (Å²) < 4.78 is 11.3. The number of nitrogens with one attached hydrogen (secondary N) is 1. The van der Waals surface area contributed by atoms with Gasteiger partial charge in [-0.25, -0.2) is 0 Å². The molecule has 1 aliphatic heterocycles. The van der Waals surface area contributed by atoms with Gasteiger partial charge in [0.25, 0.3) is 0 Å². The highest BCUT2D eigenvalue weighted by Gasteiger charge is 2.40. The first-order chi connectivity index (χ1) is 17.2. The van der Waals surface area contributed by atoms with Crippen LogP contribution in [0, 0.1) is 0 Å². The molecule has 1 aliphatic carbocycles. The third-order valence-corrected chi connectivity index (χ3v) is 7.22. The Morgan fingerprint density at radius 3 is 2.57 bits per heavy atom. The zero-order valence-corrected chi connectivity index (χ0v) is 19.7. The fraction of sp³-hybridized carbons (Fsp3) is 0.200. The minimum absolute atomic E-state index is 0.150. The zero-order chi connectivity index (χ0) is 23.9. The Hall–Kier alpha value is -4.12. The Balaban J connectivity index is 1.58. The molecule has 4 aromatic rings. The van der Waals surface area contributed by atoms with E-state index in [-0.39, 0.29) is 17.6 Å². The second kappa shape index (κ2) is 8.58. The van der Waals surface area contributed by atoms with Crippen LogP contribution in [0.3, 0.4) is 0 Å². The number of nitrogens with zero attached hydrogens (tertiary/aromatic N) is 1. The van der Waals surface area contributed by atoms with Crippen LogP contribution >= 0.6 is 0 Å². The summed E-state index contributed by atoms with van der Waals surface area (Å²) in [5, 5.41) is 4.68. The van der Waals surface area contributed by atoms with Crippen molar-refractivity contribution in [2.45, 2.75) is 24.7 Å². The molecule has 2 atom stereocenters. The number of aromatic nitrogens is 1. The third-order valence-electron chi connectivity index (χ3n) is 7.22. The smallest absolute Gasteiger partial charge is 0.162 e. The van der Waals surface area contributed by atoms with Crippen LogP contribution in [0.15, 0.2) is 90.3 Å². The summed E-state index contributed by atoms with van der Waals surface area (Å²) in [6, 6.07) is 24.3. The van der Waals surface area contributed by atoms with E-state index in [0.717, 1.165) is 45.4 Å². The summed E-state index contributed by atoms with van der Waals surface area (Å²) in [6.45, 7) is 0. The Labute approximate surface area is 204 Å². The fourth-order valence-electron chi connectivity index (χ4n) is 5.62. The van der Waals surface area contributed by atoms with Gasteiger partial charge >= 0.3 is 0 Å². The minimum Gasteiger partial charge on any atom is -0.497 e. The highest BCUT2D eigenvalue weighted by atomic mass is 16.5. The maximum Gasteiger partial charge on any atom is 0.162 e. The van der Waals surface area contributed by atoms with Gasteiger partial charge in [-0.05, 0) is 47.7 Å². The molecule has 0 saturated carbocycles. The number of hydrogen-bond donors (Lipinski definition) is 1. The predicted molar refractivity (Wildman–Crippen MR) is 137 cm³/mol. The quantitative estimate of drug-likeness (QED) is 0.391. The van der Waals surface area contributed by atoms with E-state index < -0.39 is 0 Å². The van der Waals surface area contributed by atoms with Crippen LogP contribution in [0.1, 0.15) is 41.4 Å². The van der Waals surface area contributed by atoms with Crippen LogP contribution < -0.4 is 14.8 Å². The molecule has 0 fully saturated rings. The van der Waals surface area contributed by atoms with Crippen molar-refractivity contribution in [3.8, 4) is 11.5 Å². The number of pyridine rings is 1. The SMILES string of the molecule is COc1ccc(C2C3=C(CC(c4ccccc4)CC3=O)Nc3ccc4ncccc4c32)c(OC)c1. The average molecular weight is 463 g/mol. The van der Waals surface area contributed by atoms with Gasteiger partial charge in [-0.2, -0.15) is 0 Å². The van der Waals surface area contributed by atoms with E-state index in [1.807, 2.05) is 48.5 Å². The zero-order valence-electron chi connectivity index (χ0n) is 19.7. The molecule has 2 aliphatic rings. The topological polar surface area (TPSA) is 60.5 Å². The maximum atomic E-state index is 13.9. The number of allylic oxidation sites excluding steroid dienone is 2. The molecule has 0 bridgehead atoms. The van der Waals surface area contributed by atoms with Crippen molar-refractivity contribution in [2.24, 2.45) is 0 Å². The molecule has 1 N–H and O–H groups in total. The molecule has 6 rings (SSSR count). The van der Waals surface area contributed by atoms with Crippen molar-refractivity contribution in [2.75, 3.05) is 19.5 Å². The summed E-state index contributed by atoms with van der Waals surface area (Å²) in [4.78, 5) is 18.5. The monoisotopic (exact) mass is 462 g/mol. The Bertz CT molecular complexity index is 1480. The van der Waals surface area contributed by atoms with Crippen molar-refractivity contribution in [1.82, 2.24) is 4.98 Å². The Kier molecular flexibility index (Phi) is 5.25. The molecule has 0 radical (unpaired) electrons. The van der Waals surface area contributed by atoms with Gasteiger partial charge in [-0.3, -0.25) is 9.78 Å². The van der Waals surface area contributed by atoms with Crippen LogP contribution in [-0.2, 0) is 4.79 Å². The summed E-state index contributed by atoms with van der Waals surface area (Å²) in [7, 11) is 3.30. The lowest BCUT2D eigenvalue weighted by atomic mass is 9.71. The Morgan fingerprint density at radius 2 is 1.77 bits per heavy atom. The molecular weight excluding hydrogens is 436 g/mol. The van der Waals surface area contributed by atoms with Gasteiger partial charge in [-0.1, -0.05) is 42.5 Å². The molecule has 5 nitrogen and oxygen atoms in total. The lowest BCUT2D eigenvalue weighted by Gasteiger charge is -2.37. The van der Waals surface area contributed by atoms with Gasteiger partial charge in [0.05, 0.1) is 19.7 Å². The second-order valence-corrected chi connectivity index (χ2v) is 9.09. The van der Waals surface area contributed by atoms with E-state index in [2.05, 4.69) is 34.6 Å². The van der Waals surface area contributed by atoms with Crippen LogP contribution in [0.4, 0.5) is 5.69 Å². The standard InChI is InChI=1S/C30H26N2O3/c1-34-20-10-11-22(27(17-20)35-2)29-28-21-9-6-14-31-23(21)12-13-24(28)32-25-15-19(16-26(33)30(25)29)18-7-4-3-5-8-18/h3-14,17,19,29,32H,15-16H2,1-2H3. The van der Waals surface area contributed by atoms with Crippen molar-refractivity contribution < 1.29 is 14.3 Å². The normalized spacial score (nSPS) is 19.1. The number of carbonyl (C=O) groups is 1. The number of fused-ring (bicyclic) bond motifs is 3. The van der Waals surface area contributed by atoms with Crippen molar-refractivity contribution in [3.05, 3.63) is 107 Å². The number of ketones is 1. The second-order valence-electron chi connectivity index (χ2n) is 9.09. The van der Waals surface area contributed by atoms with E-state index >= 15 is 0 Å². The van der Waals surface area contributed by atoms with Gasteiger partial charge in [0.1, 0.15) is 11.5 Å². The largest absolute Gasteiger partial charge is 0.497 e. The first kappa shape index (κ1) is 21.4. The van der Waals surface area contributed by atoms with E-state index in [1.54, 1.807) is 20.4 Å². The maximum absolute atomic E-state index is 13.9. The molecule has 35 heavy (non-hydrogen) atoms. The average Bonchev–Trinajstić information content (AvgIpc) is 2.91. The van der Waals surface area contributed by atoms with Crippen LogP contribution in [0.5, 0.6) is 11.5 Å². The van der Waals surface area contributed by atoms with Crippen LogP contribution in [0.2, 0.25) is 0 Å². The number of hydrogen-bond acceptors (Lipinski definition) is 5. The number of methoxy groups -OCH3 is 2. The molecule has 1 aromatic heterocycles. The van der Waals surface area contributed by atoms with E-state index in [0.29, 0.717) is 17.9 Å². The molecule has 3 aromatic carbocycles. The van der Waals surface area contributed by atoms with E-state index in [4.69, 9.17) is 9.47 Å². The number of anilines is 1. The van der Waals surface area contributed by atoms with Gasteiger partial charge in [0.15, 0.2) is 5.78 Å². The summed E-state index contributed by atoms with van der Waals surface area (Å²) >= 11 is 0. The lowest BCUT2D eigenvalue weighted by molar-refractivity contribution is -0.116. The van der Waals surface area contributed by atoms with Crippen LogP contribution in [0.25, 0.3) is 10.9 Å². The number of carbonyl (C=O) groups excluding carboxylic acids is 1. The summed E-state index contributed by atoms with van der Waals surface area (Å²) in [5.41, 5.74) is 6.93. The highest BCUT2D eigenvalue weighted by molar-refractivity contribution is 6.04. The molecule has 0 amide bonds. The number of benzene rings is 3. The van der Waals surface area contributed by atoms with Crippen molar-refractivity contribution >= 4 is 22.4 Å². The third kappa shape index (κ3) is 3.55. The summed E-state index contributed by atoms with van der Waals surface area (Å²) in [5.74, 6) is 1.47. The van der Waals surface area contributed by atoms with Gasteiger partial charge in [0.2, 0.25) is 0 Å². The first-order valence-corrected chi connectivity index (χ1v) is 11.9. The van der Waals surface area contributed by atoms with Crippen molar-refractivity contribution in [3.63, 3.8) is 0 Å². The first-order valence-electron chi connectivity index (χ1n) is 11.9. The molecular formula is C30H26N2O3. The van der Waals surface area contributed by atoms with E-state index in [1.165, 1.54) is 5.56 Å². The fourth-order valence-corrected chi connectivity index (χ4v) is 5.62. The lowest BCUT2D eigenvalue weighted by Crippen LogP contribution is -2.30. The number of ether oxygens (including phenoxy) is 2. The highest BCUT2D eigenvalue weighted by Crippen LogP contribution is 2.51. The molecule has 2 heterocycles. The molecule has 5 heteroatoms. The predicted octanol–water partition coefficient (Wildman–Crippen LogP) is 6.21. The summed E-state index contributed by atoms with van der Waals surface area (Å²) in [6.07, 6.45) is 3.07. The number of Topliss-reactive ketones (excluding diaryl/α,β-unsaturated/α-hetero) is 1. The van der Waals surface area contributed by atoms with Gasteiger partial charge < -0.3 is 14.8 Å². The van der Waals surface area contributed by atoms with Crippen LogP contribution in [-0.4, -0.2) is 25.0 Å². The molecule has 0 spiro atoms. The van der Waals surface area contributed by atoms with Gasteiger partial charge in [-0.15, -0.1) is 0 Å². The molecule has 174 valence electrons.